The van der Waals surface area contributed by atoms with Crippen molar-refractivity contribution in [2.24, 2.45) is 0 Å². The Morgan fingerprint density at radius 1 is 0.800 bits per heavy atom. The summed E-state index contributed by atoms with van der Waals surface area (Å²) in [6.45, 7) is 0. The molecule has 20 heavy (non-hydrogen) atoms. The third kappa shape index (κ3) is 3.76. The van der Waals surface area contributed by atoms with Gasteiger partial charge in [0, 0.05) is 0 Å². The molecule has 0 radical (unpaired) electrons. The third-order valence-corrected chi connectivity index (χ3v) is 4.13. The normalized spacial score (nSPS) is 12.7. The summed E-state index contributed by atoms with van der Waals surface area (Å²) < 4.78 is 62.1. The minimum atomic E-state index is -4.32. The summed E-state index contributed by atoms with van der Waals surface area (Å²) in [7, 11) is -8.62. The van der Waals surface area contributed by atoms with Crippen molar-refractivity contribution in [2.45, 2.75) is 11.5 Å². The standard InChI is InChI=1S/C12H12O6S2/c13-19(14,15)7-10-6-5-9-3-1-2-4-11(9)12(10)8-20(16,17)18/h1-6H,7-8H2,(H,13,14,15)(H,16,17,18). The zero-order valence-electron chi connectivity index (χ0n) is 10.2. The van der Waals surface area contributed by atoms with E-state index in [1.54, 1.807) is 30.3 Å². The molecule has 0 aliphatic rings. The van der Waals surface area contributed by atoms with E-state index in [-0.39, 0.29) is 11.1 Å². The Labute approximate surface area is 116 Å². The van der Waals surface area contributed by atoms with Gasteiger partial charge < -0.3 is 0 Å². The Hall–Kier alpha value is -1.48. The highest BCUT2D eigenvalue weighted by Crippen LogP contribution is 2.25. The van der Waals surface area contributed by atoms with Crippen molar-refractivity contribution >= 4 is 31.0 Å². The molecule has 0 fully saturated rings. The van der Waals surface area contributed by atoms with Crippen molar-refractivity contribution in [2.75, 3.05) is 0 Å². The van der Waals surface area contributed by atoms with Crippen LogP contribution >= 0.6 is 0 Å². The van der Waals surface area contributed by atoms with E-state index >= 15 is 0 Å². The minimum Gasteiger partial charge on any atom is -0.285 e. The summed E-state index contributed by atoms with van der Waals surface area (Å²) in [5.74, 6) is -1.41. The maximum atomic E-state index is 11.1. The number of hydrogen-bond donors (Lipinski definition) is 2. The summed E-state index contributed by atoms with van der Waals surface area (Å²) in [6.07, 6.45) is 0. The predicted octanol–water partition coefficient (Wildman–Crippen LogP) is 1.62. The maximum absolute atomic E-state index is 11.1. The van der Waals surface area contributed by atoms with Crippen molar-refractivity contribution in [3.8, 4) is 0 Å². The van der Waals surface area contributed by atoms with Crippen LogP contribution in [0.4, 0.5) is 0 Å². The first-order valence-electron chi connectivity index (χ1n) is 5.55. The van der Waals surface area contributed by atoms with Gasteiger partial charge in [0.2, 0.25) is 0 Å². The molecule has 0 spiro atoms. The Morgan fingerprint density at radius 3 is 2.00 bits per heavy atom. The summed E-state index contributed by atoms with van der Waals surface area (Å²) >= 11 is 0. The van der Waals surface area contributed by atoms with E-state index in [4.69, 9.17) is 9.11 Å². The van der Waals surface area contributed by atoms with E-state index in [1.165, 1.54) is 6.07 Å². The Bertz CT molecular complexity index is 853. The first kappa shape index (κ1) is 14.9. The van der Waals surface area contributed by atoms with Gasteiger partial charge in [-0.15, -0.1) is 0 Å². The maximum Gasteiger partial charge on any atom is 0.269 e. The first-order chi connectivity index (χ1) is 9.16. The molecule has 2 rings (SSSR count). The van der Waals surface area contributed by atoms with Crippen LogP contribution in [0.1, 0.15) is 11.1 Å². The van der Waals surface area contributed by atoms with Gasteiger partial charge in [-0.3, -0.25) is 9.11 Å². The van der Waals surface area contributed by atoms with Gasteiger partial charge in [0.05, 0.1) is 0 Å². The summed E-state index contributed by atoms with van der Waals surface area (Å²) in [4.78, 5) is 0. The lowest BCUT2D eigenvalue weighted by molar-refractivity contribution is 0.477. The van der Waals surface area contributed by atoms with Crippen LogP contribution in [0.5, 0.6) is 0 Å². The Morgan fingerprint density at radius 2 is 1.40 bits per heavy atom. The summed E-state index contributed by atoms with van der Waals surface area (Å²) in [5.41, 5.74) is 0.312. The van der Waals surface area contributed by atoms with Gasteiger partial charge in [0.1, 0.15) is 11.5 Å². The topological polar surface area (TPSA) is 109 Å². The van der Waals surface area contributed by atoms with Gasteiger partial charge in [-0.1, -0.05) is 36.4 Å². The van der Waals surface area contributed by atoms with Crippen molar-refractivity contribution in [1.29, 1.82) is 0 Å². The van der Waals surface area contributed by atoms with E-state index in [2.05, 4.69) is 0 Å². The van der Waals surface area contributed by atoms with Crippen LogP contribution < -0.4 is 0 Å². The molecule has 0 aromatic heterocycles. The third-order valence-electron chi connectivity index (χ3n) is 2.80. The second-order valence-corrected chi connectivity index (χ2v) is 7.28. The average Bonchev–Trinajstić information content (AvgIpc) is 2.29. The van der Waals surface area contributed by atoms with Gasteiger partial charge in [-0.25, -0.2) is 0 Å². The van der Waals surface area contributed by atoms with Gasteiger partial charge in [-0.2, -0.15) is 16.8 Å². The zero-order valence-corrected chi connectivity index (χ0v) is 11.9. The smallest absolute Gasteiger partial charge is 0.269 e. The monoisotopic (exact) mass is 316 g/mol. The van der Waals surface area contributed by atoms with Crippen LogP contribution in [0.15, 0.2) is 36.4 Å². The van der Waals surface area contributed by atoms with E-state index in [1.807, 2.05) is 0 Å². The summed E-state index contributed by atoms with van der Waals surface area (Å²) in [5, 5.41) is 1.23. The highest BCUT2D eigenvalue weighted by molar-refractivity contribution is 7.85. The van der Waals surface area contributed by atoms with Crippen LogP contribution in [0.25, 0.3) is 10.8 Å². The Kier molecular flexibility index (Phi) is 3.83. The molecule has 0 saturated heterocycles. The molecule has 2 N–H and O–H groups in total. The molecule has 8 heteroatoms. The molecule has 0 bridgehead atoms. The quantitative estimate of drug-likeness (QED) is 0.830. The molecule has 0 aliphatic heterocycles. The number of fused-ring (bicyclic) bond motifs is 1. The first-order valence-corrected chi connectivity index (χ1v) is 8.77. The van der Waals surface area contributed by atoms with Crippen molar-refractivity contribution in [3.05, 3.63) is 47.5 Å². The number of benzene rings is 2. The van der Waals surface area contributed by atoms with E-state index < -0.39 is 31.7 Å². The highest BCUT2D eigenvalue weighted by Gasteiger charge is 2.17. The Balaban J connectivity index is 2.71. The largest absolute Gasteiger partial charge is 0.285 e. The lowest BCUT2D eigenvalue weighted by Gasteiger charge is -2.11. The van der Waals surface area contributed by atoms with Crippen LogP contribution in [0.2, 0.25) is 0 Å². The molecular weight excluding hydrogens is 304 g/mol. The van der Waals surface area contributed by atoms with Gasteiger partial charge in [0.15, 0.2) is 0 Å². The van der Waals surface area contributed by atoms with Crippen LogP contribution in [0.3, 0.4) is 0 Å². The molecule has 0 heterocycles. The van der Waals surface area contributed by atoms with Crippen molar-refractivity contribution in [3.63, 3.8) is 0 Å². The molecule has 0 unspecified atom stereocenters. The van der Waals surface area contributed by atoms with Crippen LogP contribution in [-0.2, 0) is 31.7 Å². The minimum absolute atomic E-state index is 0.142. The van der Waals surface area contributed by atoms with E-state index in [0.717, 1.165) is 0 Å². The molecule has 0 atom stereocenters. The number of hydrogen-bond acceptors (Lipinski definition) is 4. The second-order valence-electron chi connectivity index (χ2n) is 4.38. The molecule has 108 valence electrons. The predicted molar refractivity (Wildman–Crippen MR) is 74.5 cm³/mol. The SMILES string of the molecule is O=S(=O)(O)Cc1ccc2ccccc2c1CS(=O)(=O)O. The second kappa shape index (κ2) is 5.13. The fourth-order valence-corrected chi connectivity index (χ4v) is 3.43. The summed E-state index contributed by atoms with van der Waals surface area (Å²) in [6, 6.07) is 9.85. The van der Waals surface area contributed by atoms with E-state index in [0.29, 0.717) is 10.8 Å². The molecule has 6 nitrogen and oxygen atoms in total. The van der Waals surface area contributed by atoms with Gasteiger partial charge in [-0.05, 0) is 21.9 Å². The van der Waals surface area contributed by atoms with Gasteiger partial charge in [0.25, 0.3) is 20.2 Å². The van der Waals surface area contributed by atoms with Crippen molar-refractivity contribution < 1.29 is 25.9 Å². The lowest BCUT2D eigenvalue weighted by Crippen LogP contribution is -2.09. The van der Waals surface area contributed by atoms with Crippen LogP contribution in [0, 0.1) is 0 Å². The fraction of sp³-hybridized carbons (Fsp3) is 0.167. The van der Waals surface area contributed by atoms with Gasteiger partial charge >= 0.3 is 0 Å². The number of rotatable bonds is 4. The van der Waals surface area contributed by atoms with Crippen molar-refractivity contribution in [1.82, 2.24) is 0 Å². The molecular formula is C12H12O6S2. The lowest BCUT2D eigenvalue weighted by atomic mass is 10.0. The molecule has 0 saturated carbocycles. The van der Waals surface area contributed by atoms with E-state index in [9.17, 15) is 16.8 Å². The average molecular weight is 316 g/mol. The van der Waals surface area contributed by atoms with Crippen LogP contribution in [-0.4, -0.2) is 25.9 Å². The zero-order chi connectivity index (χ0) is 15.0. The molecule has 2 aromatic carbocycles. The molecule has 0 amide bonds. The molecule has 2 aromatic rings. The molecule has 0 aliphatic carbocycles. The highest BCUT2D eigenvalue weighted by atomic mass is 32.2. The fourth-order valence-electron chi connectivity index (χ4n) is 2.07.